The Bertz CT molecular complexity index is 402. The molecule has 1 aromatic rings. The number of thioether (sulfide) groups is 1. The molecule has 3 nitrogen and oxygen atoms in total. The first-order valence-electron chi connectivity index (χ1n) is 5.93. The number of nitrogens with zero attached hydrogens (tertiary/aromatic N) is 2. The molecule has 0 saturated heterocycles. The predicted molar refractivity (Wildman–Crippen MR) is 72.2 cm³/mol. The van der Waals surface area contributed by atoms with Gasteiger partial charge < -0.3 is 5.32 Å². The van der Waals surface area contributed by atoms with Gasteiger partial charge in [0, 0.05) is 11.3 Å². The van der Waals surface area contributed by atoms with Gasteiger partial charge in [0.05, 0.1) is 11.9 Å². The molecule has 1 aliphatic carbocycles. The summed E-state index contributed by atoms with van der Waals surface area (Å²) in [6.07, 6.45) is 9.21. The lowest BCUT2D eigenvalue weighted by atomic mass is 10.1. The SMILES string of the molecule is CSC1(CNc2ccc(C#N)nc2)CCCC1. The lowest BCUT2D eigenvalue weighted by Gasteiger charge is -2.27. The third kappa shape index (κ3) is 2.92. The highest BCUT2D eigenvalue weighted by atomic mass is 32.2. The number of aromatic nitrogens is 1. The zero-order chi connectivity index (χ0) is 12.1. The van der Waals surface area contributed by atoms with Crippen LogP contribution in [0.5, 0.6) is 0 Å². The van der Waals surface area contributed by atoms with Crippen LogP contribution < -0.4 is 5.32 Å². The summed E-state index contributed by atoms with van der Waals surface area (Å²) in [7, 11) is 0. The van der Waals surface area contributed by atoms with Gasteiger partial charge in [0.15, 0.2) is 0 Å². The van der Waals surface area contributed by atoms with E-state index < -0.39 is 0 Å². The minimum atomic E-state index is 0.397. The van der Waals surface area contributed by atoms with Gasteiger partial charge in [-0.3, -0.25) is 0 Å². The minimum Gasteiger partial charge on any atom is -0.382 e. The van der Waals surface area contributed by atoms with Crippen molar-refractivity contribution in [1.29, 1.82) is 5.26 Å². The first-order chi connectivity index (χ1) is 8.28. The summed E-state index contributed by atoms with van der Waals surface area (Å²) in [4.78, 5) is 4.06. The van der Waals surface area contributed by atoms with Crippen LogP contribution in [0.2, 0.25) is 0 Å². The summed E-state index contributed by atoms with van der Waals surface area (Å²) in [5.74, 6) is 0. The molecule has 0 bridgehead atoms. The standard InChI is InChI=1S/C13H17N3S/c1-17-13(6-2-3-7-13)10-16-12-5-4-11(8-14)15-9-12/h4-5,9,16H,2-3,6-7,10H2,1H3. The van der Waals surface area contributed by atoms with Crippen molar-refractivity contribution in [1.82, 2.24) is 4.98 Å². The molecule has 1 saturated carbocycles. The van der Waals surface area contributed by atoms with Crippen LogP contribution in [0.4, 0.5) is 5.69 Å². The van der Waals surface area contributed by atoms with Crippen molar-refractivity contribution in [2.75, 3.05) is 18.1 Å². The van der Waals surface area contributed by atoms with E-state index in [1.807, 2.05) is 23.9 Å². The fraction of sp³-hybridized carbons (Fsp3) is 0.538. The van der Waals surface area contributed by atoms with Crippen LogP contribution >= 0.6 is 11.8 Å². The van der Waals surface area contributed by atoms with Crippen molar-refractivity contribution in [2.45, 2.75) is 30.4 Å². The van der Waals surface area contributed by atoms with Crippen LogP contribution in [-0.4, -0.2) is 22.5 Å². The average molecular weight is 247 g/mol. The fourth-order valence-corrected chi connectivity index (χ4v) is 3.21. The number of hydrogen-bond acceptors (Lipinski definition) is 4. The minimum absolute atomic E-state index is 0.397. The van der Waals surface area contributed by atoms with Gasteiger partial charge in [0.25, 0.3) is 0 Å². The molecule has 2 rings (SSSR count). The molecule has 1 fully saturated rings. The van der Waals surface area contributed by atoms with E-state index in [0.29, 0.717) is 10.4 Å². The van der Waals surface area contributed by atoms with Crippen LogP contribution in [0, 0.1) is 11.3 Å². The quantitative estimate of drug-likeness (QED) is 0.888. The van der Waals surface area contributed by atoms with E-state index in [1.165, 1.54) is 25.7 Å². The van der Waals surface area contributed by atoms with Crippen LogP contribution in [0.25, 0.3) is 0 Å². The molecule has 1 N–H and O–H groups in total. The summed E-state index contributed by atoms with van der Waals surface area (Å²) in [6, 6.07) is 5.70. The van der Waals surface area contributed by atoms with Gasteiger partial charge in [-0.05, 0) is 31.2 Å². The molecule has 0 aromatic carbocycles. The van der Waals surface area contributed by atoms with Gasteiger partial charge in [0.2, 0.25) is 0 Å². The van der Waals surface area contributed by atoms with Crippen molar-refractivity contribution in [3.63, 3.8) is 0 Å². The first-order valence-corrected chi connectivity index (χ1v) is 7.16. The molecular weight excluding hydrogens is 230 g/mol. The molecule has 1 aromatic heterocycles. The Morgan fingerprint density at radius 2 is 2.24 bits per heavy atom. The Labute approximate surface area is 107 Å². The molecule has 90 valence electrons. The Morgan fingerprint density at radius 1 is 1.47 bits per heavy atom. The predicted octanol–water partition coefficient (Wildman–Crippen LogP) is 3.04. The molecule has 0 atom stereocenters. The number of nitriles is 1. The number of rotatable bonds is 4. The van der Waals surface area contributed by atoms with Gasteiger partial charge in [0.1, 0.15) is 11.8 Å². The highest BCUT2D eigenvalue weighted by Crippen LogP contribution is 2.40. The third-order valence-electron chi connectivity index (χ3n) is 3.44. The van der Waals surface area contributed by atoms with E-state index in [1.54, 1.807) is 12.3 Å². The second kappa shape index (κ2) is 5.42. The summed E-state index contributed by atoms with van der Waals surface area (Å²) >= 11 is 1.97. The van der Waals surface area contributed by atoms with E-state index in [4.69, 9.17) is 5.26 Å². The maximum atomic E-state index is 8.67. The molecule has 0 unspecified atom stereocenters. The maximum Gasteiger partial charge on any atom is 0.140 e. The molecule has 1 aliphatic rings. The second-order valence-electron chi connectivity index (χ2n) is 4.49. The van der Waals surface area contributed by atoms with Crippen LogP contribution in [-0.2, 0) is 0 Å². The van der Waals surface area contributed by atoms with E-state index >= 15 is 0 Å². The van der Waals surface area contributed by atoms with Crippen molar-refractivity contribution >= 4 is 17.4 Å². The van der Waals surface area contributed by atoms with Gasteiger partial charge in [-0.2, -0.15) is 17.0 Å². The highest BCUT2D eigenvalue weighted by molar-refractivity contribution is 8.00. The van der Waals surface area contributed by atoms with E-state index in [9.17, 15) is 0 Å². The lowest BCUT2D eigenvalue weighted by molar-refractivity contribution is 0.640. The van der Waals surface area contributed by atoms with Crippen LogP contribution in [0.1, 0.15) is 31.4 Å². The molecule has 0 radical (unpaired) electrons. The van der Waals surface area contributed by atoms with Gasteiger partial charge >= 0.3 is 0 Å². The van der Waals surface area contributed by atoms with Gasteiger partial charge in [-0.15, -0.1) is 0 Å². The molecule has 1 heterocycles. The summed E-state index contributed by atoms with van der Waals surface area (Å²) in [5.41, 5.74) is 1.47. The maximum absolute atomic E-state index is 8.67. The Morgan fingerprint density at radius 3 is 2.76 bits per heavy atom. The topological polar surface area (TPSA) is 48.7 Å². The molecule has 4 heteroatoms. The van der Waals surface area contributed by atoms with Crippen molar-refractivity contribution in [3.05, 3.63) is 24.0 Å². The van der Waals surface area contributed by atoms with Crippen molar-refractivity contribution in [3.8, 4) is 6.07 Å². The molecule has 0 aliphatic heterocycles. The average Bonchev–Trinajstić information content (AvgIpc) is 2.86. The van der Waals surface area contributed by atoms with E-state index in [-0.39, 0.29) is 0 Å². The second-order valence-corrected chi connectivity index (χ2v) is 5.77. The highest BCUT2D eigenvalue weighted by Gasteiger charge is 2.32. The summed E-state index contributed by atoms with van der Waals surface area (Å²) < 4.78 is 0.397. The first kappa shape index (κ1) is 12.3. The fourth-order valence-electron chi connectivity index (χ4n) is 2.30. The van der Waals surface area contributed by atoms with Crippen molar-refractivity contribution < 1.29 is 0 Å². The summed E-state index contributed by atoms with van der Waals surface area (Å²) in [6.45, 7) is 0.988. The zero-order valence-electron chi connectivity index (χ0n) is 10.1. The Balaban J connectivity index is 1.94. The van der Waals surface area contributed by atoms with Gasteiger partial charge in [-0.25, -0.2) is 4.98 Å². The largest absolute Gasteiger partial charge is 0.382 e. The van der Waals surface area contributed by atoms with E-state index in [2.05, 4.69) is 16.6 Å². The lowest BCUT2D eigenvalue weighted by Crippen LogP contribution is -2.30. The Kier molecular flexibility index (Phi) is 3.90. The van der Waals surface area contributed by atoms with Crippen molar-refractivity contribution in [2.24, 2.45) is 0 Å². The molecule has 17 heavy (non-hydrogen) atoms. The number of nitrogens with one attached hydrogen (secondary N) is 1. The van der Waals surface area contributed by atoms with Gasteiger partial charge in [-0.1, -0.05) is 12.8 Å². The summed E-state index contributed by atoms with van der Waals surface area (Å²) in [5, 5.41) is 12.1. The molecular formula is C13H17N3S. The molecule has 0 amide bonds. The number of hydrogen-bond donors (Lipinski definition) is 1. The van der Waals surface area contributed by atoms with Crippen LogP contribution in [0.3, 0.4) is 0 Å². The zero-order valence-corrected chi connectivity index (χ0v) is 10.9. The number of anilines is 1. The Hall–Kier alpha value is -1.21. The normalized spacial score (nSPS) is 17.6. The monoisotopic (exact) mass is 247 g/mol. The smallest absolute Gasteiger partial charge is 0.140 e. The van der Waals surface area contributed by atoms with E-state index in [0.717, 1.165) is 12.2 Å². The van der Waals surface area contributed by atoms with Crippen LogP contribution in [0.15, 0.2) is 18.3 Å². The number of pyridine rings is 1. The third-order valence-corrected chi connectivity index (χ3v) is 4.86. The molecule has 0 spiro atoms.